The van der Waals surface area contributed by atoms with Gasteiger partial charge in [-0.3, -0.25) is 0 Å². The Morgan fingerprint density at radius 3 is 2.32 bits per heavy atom. The Bertz CT molecular complexity index is 699. The van der Waals surface area contributed by atoms with Crippen molar-refractivity contribution in [3.63, 3.8) is 0 Å². The average Bonchev–Trinajstić information content (AvgIpc) is 3.21. The maximum absolute atomic E-state index is 11.7. The minimum atomic E-state index is -0.0757. The highest BCUT2D eigenvalue weighted by Crippen LogP contribution is 2.68. The Labute approximate surface area is 230 Å². The molecule has 0 radical (unpaired) electrons. The molecule has 4 saturated carbocycles. The number of fused-ring (bicyclic) bond motifs is 5. The van der Waals surface area contributed by atoms with Crippen molar-refractivity contribution in [3.05, 3.63) is 0 Å². The summed E-state index contributed by atoms with van der Waals surface area (Å²) in [5, 5.41) is 19.1. The number of aliphatic hydroxyl groups is 1. The molecule has 4 heteroatoms. The van der Waals surface area contributed by atoms with Crippen molar-refractivity contribution < 1.29 is 5.11 Å². The van der Waals surface area contributed by atoms with Crippen LogP contribution in [0.25, 0.3) is 0 Å². The summed E-state index contributed by atoms with van der Waals surface area (Å²) in [7, 11) is 0. The second-order valence-corrected chi connectivity index (χ2v) is 15.0. The average molecular weight is 518 g/mol. The molecule has 216 valence electrons. The van der Waals surface area contributed by atoms with E-state index in [4.69, 9.17) is 5.73 Å². The lowest BCUT2D eigenvalue weighted by Crippen LogP contribution is -2.59. The Morgan fingerprint density at radius 1 is 0.838 bits per heavy atom. The second kappa shape index (κ2) is 13.0. The van der Waals surface area contributed by atoms with Crippen molar-refractivity contribution in [1.82, 2.24) is 10.6 Å². The van der Waals surface area contributed by atoms with Crippen LogP contribution in [0.3, 0.4) is 0 Å². The quantitative estimate of drug-likeness (QED) is 0.214. The van der Waals surface area contributed by atoms with Crippen LogP contribution in [0.4, 0.5) is 0 Å². The summed E-state index contributed by atoms with van der Waals surface area (Å²) in [6.45, 7) is 16.6. The van der Waals surface area contributed by atoms with Crippen LogP contribution in [0.1, 0.15) is 118 Å². The van der Waals surface area contributed by atoms with Crippen LogP contribution in [0.15, 0.2) is 0 Å². The Balaban J connectivity index is 1.33. The molecule has 0 amide bonds. The number of rotatable bonds is 13. The molecule has 4 nitrogen and oxygen atoms in total. The zero-order chi connectivity index (χ0) is 26.6. The predicted molar refractivity (Wildman–Crippen MR) is 157 cm³/mol. The lowest BCUT2D eigenvalue weighted by Gasteiger charge is -2.62. The fourth-order valence-electron chi connectivity index (χ4n) is 10.3. The third-order valence-corrected chi connectivity index (χ3v) is 12.4. The van der Waals surface area contributed by atoms with Gasteiger partial charge in [-0.05, 0) is 143 Å². The van der Waals surface area contributed by atoms with Gasteiger partial charge in [-0.15, -0.1) is 0 Å². The molecule has 0 bridgehead atoms. The van der Waals surface area contributed by atoms with Crippen molar-refractivity contribution >= 4 is 0 Å². The van der Waals surface area contributed by atoms with Crippen molar-refractivity contribution in [2.45, 2.75) is 130 Å². The molecule has 0 spiro atoms. The molecule has 10 atom stereocenters. The summed E-state index contributed by atoms with van der Waals surface area (Å²) in [6, 6.07) is 0.641. The summed E-state index contributed by atoms with van der Waals surface area (Å²) < 4.78 is 0. The van der Waals surface area contributed by atoms with Crippen LogP contribution in [-0.2, 0) is 0 Å². The maximum Gasteiger partial charge on any atom is 0.0577 e. The first kappa shape index (κ1) is 29.8. The topological polar surface area (TPSA) is 70.3 Å². The third kappa shape index (κ3) is 6.44. The van der Waals surface area contributed by atoms with Crippen molar-refractivity contribution in [1.29, 1.82) is 0 Å². The van der Waals surface area contributed by atoms with E-state index < -0.39 is 0 Å². The second-order valence-electron chi connectivity index (χ2n) is 15.0. The molecule has 3 unspecified atom stereocenters. The normalized spacial score (nSPS) is 42.3. The van der Waals surface area contributed by atoms with Crippen LogP contribution < -0.4 is 16.4 Å². The van der Waals surface area contributed by atoms with Gasteiger partial charge < -0.3 is 21.5 Å². The van der Waals surface area contributed by atoms with E-state index in [1.165, 1.54) is 70.6 Å². The van der Waals surface area contributed by atoms with Crippen molar-refractivity contribution in [2.24, 2.45) is 58.0 Å². The molecular weight excluding hydrogens is 454 g/mol. The Kier molecular flexibility index (Phi) is 10.5. The van der Waals surface area contributed by atoms with Crippen LogP contribution >= 0.6 is 0 Å². The summed E-state index contributed by atoms with van der Waals surface area (Å²) in [6.07, 6.45) is 16.9. The molecule has 4 fully saturated rings. The van der Waals surface area contributed by atoms with Gasteiger partial charge in [-0.25, -0.2) is 0 Å². The minimum Gasteiger partial charge on any atom is -0.393 e. The first-order chi connectivity index (χ1) is 17.7. The number of aliphatic hydroxyl groups excluding tert-OH is 1. The van der Waals surface area contributed by atoms with Gasteiger partial charge in [0.05, 0.1) is 6.10 Å². The van der Waals surface area contributed by atoms with E-state index in [0.29, 0.717) is 28.7 Å². The lowest BCUT2D eigenvalue weighted by atomic mass is 9.43. The van der Waals surface area contributed by atoms with Crippen molar-refractivity contribution in [3.8, 4) is 0 Å². The van der Waals surface area contributed by atoms with E-state index in [1.54, 1.807) is 0 Å². The zero-order valence-electron chi connectivity index (χ0n) is 25.2. The van der Waals surface area contributed by atoms with E-state index >= 15 is 0 Å². The number of hydrogen-bond donors (Lipinski definition) is 4. The summed E-state index contributed by atoms with van der Waals surface area (Å²) in [4.78, 5) is 0. The fourth-order valence-corrected chi connectivity index (χ4v) is 10.3. The molecule has 5 N–H and O–H groups in total. The highest BCUT2D eigenvalue weighted by Gasteiger charge is 2.62. The zero-order valence-corrected chi connectivity index (χ0v) is 25.2. The number of nitrogens with two attached hydrogens (primary N) is 1. The lowest BCUT2D eigenvalue weighted by molar-refractivity contribution is -0.167. The van der Waals surface area contributed by atoms with Crippen LogP contribution in [-0.4, -0.2) is 43.4 Å². The SMILES string of the molecule is CC(C)CCC[C@@H](C)[C@H]1CCC2C3C(CC[C@@]21C)[C@@]1(C)CC[C@@H](NCCCNCCCN)C[C@H]1C[C@H]3O. The van der Waals surface area contributed by atoms with E-state index in [-0.39, 0.29) is 6.10 Å². The summed E-state index contributed by atoms with van der Waals surface area (Å²) in [5.41, 5.74) is 6.48. The van der Waals surface area contributed by atoms with Gasteiger partial charge in [0.2, 0.25) is 0 Å². The third-order valence-electron chi connectivity index (χ3n) is 12.4. The molecule has 0 aromatic rings. The molecule has 0 aromatic heterocycles. The minimum absolute atomic E-state index is 0.0757. The molecule has 0 saturated heterocycles. The molecule has 37 heavy (non-hydrogen) atoms. The van der Waals surface area contributed by atoms with Gasteiger partial charge in [0.25, 0.3) is 0 Å². The van der Waals surface area contributed by atoms with Crippen LogP contribution in [0, 0.1) is 52.3 Å². The highest BCUT2D eigenvalue weighted by molar-refractivity contribution is 5.12. The van der Waals surface area contributed by atoms with Crippen LogP contribution in [0.5, 0.6) is 0 Å². The van der Waals surface area contributed by atoms with Gasteiger partial charge in [-0.1, -0.05) is 53.9 Å². The molecule has 4 aliphatic carbocycles. The molecule has 0 heterocycles. The van der Waals surface area contributed by atoms with Crippen LogP contribution in [0.2, 0.25) is 0 Å². The maximum atomic E-state index is 11.7. The highest BCUT2D eigenvalue weighted by atomic mass is 16.3. The molecule has 4 aliphatic rings. The largest absolute Gasteiger partial charge is 0.393 e. The fraction of sp³-hybridized carbons (Fsp3) is 1.00. The van der Waals surface area contributed by atoms with Gasteiger partial charge in [-0.2, -0.15) is 0 Å². The standard InChI is InChI=1S/C33H63N3O/c1-23(2)9-6-10-24(3)27-11-12-28-31-29(14-16-33(27,28)5)32(4)15-13-26(21-25(32)22-30(31)37)36-20-8-19-35-18-7-17-34/h23-31,35-37H,6-22,34H2,1-5H3/t24-,25+,26-,27-,28?,29?,30-,31?,32+,33-/m1/s1. The van der Waals surface area contributed by atoms with E-state index in [0.717, 1.165) is 68.6 Å². The Hall–Kier alpha value is -0.160. The van der Waals surface area contributed by atoms with E-state index in [1.807, 2.05) is 0 Å². The molecule has 0 aliphatic heterocycles. The Morgan fingerprint density at radius 2 is 1.57 bits per heavy atom. The van der Waals surface area contributed by atoms with Crippen molar-refractivity contribution in [2.75, 3.05) is 26.2 Å². The molecule has 4 rings (SSSR count). The summed E-state index contributed by atoms with van der Waals surface area (Å²) in [5.74, 6) is 5.27. The molecular formula is C33H63N3O. The van der Waals surface area contributed by atoms with Gasteiger partial charge in [0.15, 0.2) is 0 Å². The van der Waals surface area contributed by atoms with Gasteiger partial charge in [0.1, 0.15) is 0 Å². The number of nitrogens with one attached hydrogen (secondary N) is 2. The smallest absolute Gasteiger partial charge is 0.0577 e. The van der Waals surface area contributed by atoms with E-state index in [9.17, 15) is 5.11 Å². The number of hydrogen-bond acceptors (Lipinski definition) is 4. The first-order valence-corrected chi connectivity index (χ1v) is 16.5. The van der Waals surface area contributed by atoms with Gasteiger partial charge in [0, 0.05) is 6.04 Å². The first-order valence-electron chi connectivity index (χ1n) is 16.5. The summed E-state index contributed by atoms with van der Waals surface area (Å²) >= 11 is 0. The molecule has 0 aromatic carbocycles. The monoisotopic (exact) mass is 517 g/mol. The predicted octanol–water partition coefficient (Wildman–Crippen LogP) is 6.37. The van der Waals surface area contributed by atoms with Gasteiger partial charge >= 0.3 is 0 Å². The van der Waals surface area contributed by atoms with E-state index in [2.05, 4.69) is 45.3 Å².